The number of ether oxygens (including phenoxy) is 2. The minimum Gasteiger partial charge on any atom is -0.462 e. The molecule has 5 atom stereocenters. The summed E-state index contributed by atoms with van der Waals surface area (Å²) < 4.78 is 11.2. The summed E-state index contributed by atoms with van der Waals surface area (Å²) in [6.07, 6.45) is 4.65. The Kier molecular flexibility index (Phi) is 6.29. The molecule has 1 saturated heterocycles. The van der Waals surface area contributed by atoms with E-state index in [9.17, 15) is 14.7 Å². The van der Waals surface area contributed by atoms with Gasteiger partial charge in [0, 0.05) is 18.3 Å². The molecule has 1 unspecified atom stereocenters. The molecular formula is C25H26O5. The Morgan fingerprint density at radius 3 is 2.57 bits per heavy atom. The van der Waals surface area contributed by atoms with E-state index < -0.39 is 6.10 Å². The van der Waals surface area contributed by atoms with E-state index >= 15 is 0 Å². The topological polar surface area (TPSA) is 72.8 Å². The molecule has 1 N–H and O–H groups in total. The molecule has 1 aliphatic carbocycles. The molecule has 0 spiro atoms. The number of aliphatic hydroxyl groups excluding tert-OH is 1. The van der Waals surface area contributed by atoms with Crippen molar-refractivity contribution < 1.29 is 24.2 Å². The minimum absolute atomic E-state index is 0.0244. The molecule has 156 valence electrons. The highest BCUT2D eigenvalue weighted by molar-refractivity contribution is 5.89. The molecule has 30 heavy (non-hydrogen) atoms. The molecule has 5 nitrogen and oxygen atoms in total. The fourth-order valence-corrected chi connectivity index (χ4v) is 4.38. The van der Waals surface area contributed by atoms with Gasteiger partial charge in [-0.3, -0.25) is 4.79 Å². The Bertz CT molecular complexity index is 892. The van der Waals surface area contributed by atoms with E-state index in [0.717, 1.165) is 6.42 Å². The van der Waals surface area contributed by atoms with Crippen LogP contribution in [0.5, 0.6) is 0 Å². The van der Waals surface area contributed by atoms with Crippen LogP contribution in [0, 0.1) is 11.8 Å². The zero-order valence-electron chi connectivity index (χ0n) is 16.7. The molecular weight excluding hydrogens is 380 g/mol. The number of aryl methyl sites for hydroxylation is 1. The lowest BCUT2D eigenvalue weighted by Gasteiger charge is -2.20. The normalized spacial score (nSPS) is 26.4. The van der Waals surface area contributed by atoms with E-state index in [0.29, 0.717) is 24.8 Å². The molecule has 1 aliphatic heterocycles. The summed E-state index contributed by atoms with van der Waals surface area (Å²) in [5, 5.41) is 10.4. The predicted octanol–water partition coefficient (Wildman–Crippen LogP) is 3.71. The van der Waals surface area contributed by atoms with Crippen molar-refractivity contribution in [3.63, 3.8) is 0 Å². The number of fused-ring (bicyclic) bond motifs is 1. The molecule has 0 radical (unpaired) electrons. The largest absolute Gasteiger partial charge is 0.462 e. The van der Waals surface area contributed by atoms with Crippen molar-refractivity contribution in [1.82, 2.24) is 0 Å². The summed E-state index contributed by atoms with van der Waals surface area (Å²) in [5.74, 6) is -0.764. The first-order valence-electron chi connectivity index (χ1n) is 10.5. The van der Waals surface area contributed by atoms with Gasteiger partial charge in [0.15, 0.2) is 0 Å². The third kappa shape index (κ3) is 4.79. The van der Waals surface area contributed by atoms with Crippen LogP contribution in [0.25, 0.3) is 0 Å². The molecule has 2 aromatic rings. The number of carbonyl (C=O) groups excluding carboxylic acids is 2. The van der Waals surface area contributed by atoms with E-state index in [1.807, 2.05) is 42.5 Å². The van der Waals surface area contributed by atoms with Gasteiger partial charge >= 0.3 is 11.9 Å². The van der Waals surface area contributed by atoms with Crippen molar-refractivity contribution in [2.24, 2.45) is 11.8 Å². The Morgan fingerprint density at radius 2 is 1.83 bits per heavy atom. The quantitative estimate of drug-likeness (QED) is 0.561. The first kappa shape index (κ1) is 20.4. The number of rotatable bonds is 7. The minimum atomic E-state index is -0.604. The number of hydrogen-bond donors (Lipinski definition) is 1. The number of hydrogen-bond acceptors (Lipinski definition) is 5. The SMILES string of the molecule is O=C1C[C@@H]2[C@@H](C=CC(O)CCc3ccccc3)[C@H](OC(=O)c3ccccc3)C[C@@H]2O1. The van der Waals surface area contributed by atoms with Crippen LogP contribution in [-0.2, 0) is 20.7 Å². The molecule has 0 amide bonds. The third-order valence-corrected chi connectivity index (χ3v) is 5.95. The average molecular weight is 406 g/mol. The zero-order valence-corrected chi connectivity index (χ0v) is 16.7. The van der Waals surface area contributed by atoms with E-state index in [4.69, 9.17) is 9.47 Å². The number of esters is 2. The summed E-state index contributed by atoms with van der Waals surface area (Å²) in [7, 11) is 0. The summed E-state index contributed by atoms with van der Waals surface area (Å²) >= 11 is 0. The van der Waals surface area contributed by atoms with Crippen molar-refractivity contribution in [3.05, 3.63) is 83.9 Å². The van der Waals surface area contributed by atoms with Crippen molar-refractivity contribution >= 4 is 11.9 Å². The highest BCUT2D eigenvalue weighted by Crippen LogP contribution is 2.43. The summed E-state index contributed by atoms with van der Waals surface area (Å²) in [6, 6.07) is 18.9. The Morgan fingerprint density at radius 1 is 1.13 bits per heavy atom. The lowest BCUT2D eigenvalue weighted by molar-refractivity contribution is -0.141. The standard InChI is InChI=1S/C25H26O5/c26-19(12-11-17-7-3-1-4-8-17)13-14-20-21-15-24(27)29-23(21)16-22(20)30-25(28)18-9-5-2-6-10-18/h1-10,13-14,19-23,26H,11-12,15-16H2/t19?,20-,21-,22-,23+/m1/s1. The van der Waals surface area contributed by atoms with E-state index in [1.54, 1.807) is 30.3 Å². The van der Waals surface area contributed by atoms with Gasteiger partial charge in [-0.05, 0) is 30.5 Å². The molecule has 2 fully saturated rings. The molecule has 0 aromatic heterocycles. The van der Waals surface area contributed by atoms with Gasteiger partial charge in [0.1, 0.15) is 12.2 Å². The van der Waals surface area contributed by atoms with Gasteiger partial charge in [-0.15, -0.1) is 0 Å². The maximum Gasteiger partial charge on any atom is 0.338 e. The lowest BCUT2D eigenvalue weighted by atomic mass is 9.91. The zero-order chi connectivity index (χ0) is 20.9. The molecule has 1 heterocycles. The third-order valence-electron chi connectivity index (χ3n) is 5.95. The molecule has 4 rings (SSSR count). The highest BCUT2D eigenvalue weighted by atomic mass is 16.6. The Balaban J connectivity index is 1.41. The second kappa shape index (κ2) is 9.26. The lowest BCUT2D eigenvalue weighted by Crippen LogP contribution is -2.25. The monoisotopic (exact) mass is 406 g/mol. The molecule has 5 heteroatoms. The fourth-order valence-electron chi connectivity index (χ4n) is 4.38. The first-order valence-corrected chi connectivity index (χ1v) is 10.5. The van der Waals surface area contributed by atoms with Gasteiger partial charge in [-0.2, -0.15) is 0 Å². The van der Waals surface area contributed by atoms with Gasteiger partial charge < -0.3 is 14.6 Å². The molecule has 2 aromatic carbocycles. The van der Waals surface area contributed by atoms with Crippen molar-refractivity contribution in [3.8, 4) is 0 Å². The second-order valence-electron chi connectivity index (χ2n) is 8.00. The van der Waals surface area contributed by atoms with Crippen LogP contribution in [0.2, 0.25) is 0 Å². The number of carbonyl (C=O) groups is 2. The van der Waals surface area contributed by atoms with Gasteiger partial charge in [0.2, 0.25) is 0 Å². The van der Waals surface area contributed by atoms with Crippen molar-refractivity contribution in [2.45, 2.75) is 44.0 Å². The second-order valence-corrected chi connectivity index (χ2v) is 8.00. The summed E-state index contributed by atoms with van der Waals surface area (Å²) in [5.41, 5.74) is 1.67. The maximum absolute atomic E-state index is 12.5. The molecule has 2 aliphatic rings. The van der Waals surface area contributed by atoms with Crippen LogP contribution in [0.15, 0.2) is 72.8 Å². The van der Waals surface area contributed by atoms with Crippen LogP contribution in [0.1, 0.15) is 35.2 Å². The highest BCUT2D eigenvalue weighted by Gasteiger charge is 2.50. The van der Waals surface area contributed by atoms with Crippen LogP contribution in [0.4, 0.5) is 0 Å². The van der Waals surface area contributed by atoms with Gasteiger partial charge in [-0.1, -0.05) is 60.7 Å². The average Bonchev–Trinajstić information content (AvgIpc) is 3.27. The predicted molar refractivity (Wildman–Crippen MR) is 112 cm³/mol. The number of benzene rings is 2. The van der Waals surface area contributed by atoms with Gasteiger partial charge in [0.05, 0.1) is 18.1 Å². The Hall–Kier alpha value is -2.92. The smallest absolute Gasteiger partial charge is 0.338 e. The Labute approximate surface area is 176 Å². The summed E-state index contributed by atoms with van der Waals surface area (Å²) in [6.45, 7) is 0. The maximum atomic E-state index is 12.5. The van der Waals surface area contributed by atoms with Crippen molar-refractivity contribution in [1.29, 1.82) is 0 Å². The van der Waals surface area contributed by atoms with E-state index in [-0.39, 0.29) is 36.0 Å². The summed E-state index contributed by atoms with van der Waals surface area (Å²) in [4.78, 5) is 24.3. The number of aliphatic hydroxyl groups is 1. The first-order chi connectivity index (χ1) is 14.6. The molecule has 0 bridgehead atoms. The van der Waals surface area contributed by atoms with E-state index in [1.165, 1.54) is 5.56 Å². The van der Waals surface area contributed by atoms with E-state index in [2.05, 4.69) is 0 Å². The van der Waals surface area contributed by atoms with Crippen LogP contribution in [-0.4, -0.2) is 35.4 Å². The van der Waals surface area contributed by atoms with Crippen LogP contribution in [0.3, 0.4) is 0 Å². The van der Waals surface area contributed by atoms with Crippen LogP contribution >= 0.6 is 0 Å². The van der Waals surface area contributed by atoms with Gasteiger partial charge in [0.25, 0.3) is 0 Å². The van der Waals surface area contributed by atoms with Gasteiger partial charge in [-0.25, -0.2) is 4.79 Å². The van der Waals surface area contributed by atoms with Crippen molar-refractivity contribution in [2.75, 3.05) is 0 Å². The fraction of sp³-hybridized carbons (Fsp3) is 0.360. The molecule has 1 saturated carbocycles. The van der Waals surface area contributed by atoms with Crippen LogP contribution < -0.4 is 0 Å².